The molecular formula is C16H22ClNO3. The summed E-state index contributed by atoms with van der Waals surface area (Å²) in [6.07, 6.45) is 6.97. The highest BCUT2D eigenvalue weighted by molar-refractivity contribution is 6.32. The zero-order valence-electron chi connectivity index (χ0n) is 12.6. The lowest BCUT2D eigenvalue weighted by Crippen LogP contribution is -2.34. The fraction of sp³-hybridized carbons (Fsp3) is 0.562. The van der Waals surface area contributed by atoms with Gasteiger partial charge in [0.1, 0.15) is 0 Å². The van der Waals surface area contributed by atoms with E-state index in [1.165, 1.54) is 39.9 Å². The van der Waals surface area contributed by atoms with Gasteiger partial charge in [-0.3, -0.25) is 4.79 Å². The summed E-state index contributed by atoms with van der Waals surface area (Å²) < 4.78 is 10.4. The van der Waals surface area contributed by atoms with Crippen molar-refractivity contribution in [3.8, 4) is 11.5 Å². The van der Waals surface area contributed by atoms with Crippen molar-refractivity contribution in [2.24, 2.45) is 0 Å². The molecule has 1 saturated carbocycles. The van der Waals surface area contributed by atoms with Crippen LogP contribution in [0.5, 0.6) is 11.5 Å². The van der Waals surface area contributed by atoms with E-state index in [2.05, 4.69) is 5.32 Å². The second kappa shape index (κ2) is 7.55. The molecule has 0 bridgehead atoms. The Hall–Kier alpha value is -1.42. The summed E-state index contributed by atoms with van der Waals surface area (Å²) in [4.78, 5) is 12.4. The van der Waals surface area contributed by atoms with Crippen LogP contribution in [0.15, 0.2) is 12.1 Å². The first-order chi connectivity index (χ1) is 10.2. The third-order valence-corrected chi connectivity index (χ3v) is 4.17. The average molecular weight is 312 g/mol. The predicted octanol–water partition coefficient (Wildman–Crippen LogP) is 3.81. The first-order valence-corrected chi connectivity index (χ1v) is 7.76. The zero-order valence-corrected chi connectivity index (χ0v) is 13.3. The summed E-state index contributed by atoms with van der Waals surface area (Å²) in [5, 5.41) is 3.47. The van der Waals surface area contributed by atoms with E-state index in [4.69, 9.17) is 21.1 Å². The Kier molecular flexibility index (Phi) is 5.74. The number of benzene rings is 1. The minimum Gasteiger partial charge on any atom is -0.493 e. The van der Waals surface area contributed by atoms with Gasteiger partial charge in [-0.25, -0.2) is 0 Å². The van der Waals surface area contributed by atoms with Crippen molar-refractivity contribution in [1.29, 1.82) is 0 Å². The van der Waals surface area contributed by atoms with Crippen LogP contribution in [0.2, 0.25) is 5.02 Å². The van der Waals surface area contributed by atoms with E-state index < -0.39 is 0 Å². The fourth-order valence-electron chi connectivity index (χ4n) is 2.74. The van der Waals surface area contributed by atoms with Gasteiger partial charge in [0.15, 0.2) is 11.5 Å². The number of nitrogens with one attached hydrogen (secondary N) is 1. The number of methoxy groups -OCH3 is 2. The Morgan fingerprint density at radius 3 is 2.38 bits per heavy atom. The maximum atomic E-state index is 12.4. The highest BCUT2D eigenvalue weighted by atomic mass is 35.5. The number of carbonyl (C=O) groups is 1. The van der Waals surface area contributed by atoms with Crippen LogP contribution in [0.3, 0.4) is 0 Å². The second-order valence-electron chi connectivity index (χ2n) is 5.36. The van der Waals surface area contributed by atoms with E-state index in [1.807, 2.05) is 0 Å². The van der Waals surface area contributed by atoms with Crippen molar-refractivity contribution >= 4 is 17.5 Å². The molecule has 116 valence electrons. The number of halogens is 1. The van der Waals surface area contributed by atoms with Crippen LogP contribution in [-0.4, -0.2) is 26.2 Å². The van der Waals surface area contributed by atoms with Crippen LogP contribution in [0.4, 0.5) is 0 Å². The van der Waals surface area contributed by atoms with Crippen molar-refractivity contribution in [3.05, 3.63) is 22.7 Å². The molecule has 1 aliphatic rings. The molecule has 1 N–H and O–H groups in total. The number of rotatable bonds is 4. The lowest BCUT2D eigenvalue weighted by Gasteiger charge is -2.17. The van der Waals surface area contributed by atoms with Gasteiger partial charge in [0.05, 0.1) is 19.2 Å². The van der Waals surface area contributed by atoms with Gasteiger partial charge in [-0.1, -0.05) is 37.3 Å². The SMILES string of the molecule is COc1cc(C(=O)NC2CCCCCC2)cc(Cl)c1OC. The molecule has 0 radical (unpaired) electrons. The molecule has 0 atom stereocenters. The van der Waals surface area contributed by atoms with Crippen molar-refractivity contribution in [2.45, 2.75) is 44.6 Å². The van der Waals surface area contributed by atoms with Crippen LogP contribution in [0.25, 0.3) is 0 Å². The molecule has 1 fully saturated rings. The van der Waals surface area contributed by atoms with Crippen LogP contribution in [-0.2, 0) is 0 Å². The van der Waals surface area contributed by atoms with Crippen molar-refractivity contribution < 1.29 is 14.3 Å². The smallest absolute Gasteiger partial charge is 0.251 e. The summed E-state index contributed by atoms with van der Waals surface area (Å²) in [7, 11) is 3.05. The quantitative estimate of drug-likeness (QED) is 0.860. The number of amides is 1. The third kappa shape index (κ3) is 4.03. The molecule has 0 aromatic heterocycles. The Morgan fingerprint density at radius 2 is 1.81 bits per heavy atom. The summed E-state index contributed by atoms with van der Waals surface area (Å²) in [5.41, 5.74) is 0.502. The van der Waals surface area contributed by atoms with E-state index in [9.17, 15) is 4.79 Å². The molecule has 1 aliphatic carbocycles. The van der Waals surface area contributed by atoms with Crippen LogP contribution in [0.1, 0.15) is 48.9 Å². The van der Waals surface area contributed by atoms with Gasteiger partial charge < -0.3 is 14.8 Å². The van der Waals surface area contributed by atoms with E-state index in [-0.39, 0.29) is 11.9 Å². The van der Waals surface area contributed by atoms with Crippen molar-refractivity contribution in [3.63, 3.8) is 0 Å². The Labute approximate surface area is 130 Å². The first kappa shape index (κ1) is 16.0. The molecule has 0 unspecified atom stereocenters. The topological polar surface area (TPSA) is 47.6 Å². The maximum Gasteiger partial charge on any atom is 0.251 e. The summed E-state index contributed by atoms with van der Waals surface area (Å²) in [5.74, 6) is 0.811. The Bertz CT molecular complexity index is 497. The molecule has 4 nitrogen and oxygen atoms in total. The Morgan fingerprint density at radius 1 is 1.14 bits per heavy atom. The van der Waals surface area contributed by atoms with Gasteiger partial charge in [0, 0.05) is 11.6 Å². The molecule has 0 heterocycles. The monoisotopic (exact) mass is 311 g/mol. The number of carbonyl (C=O) groups excluding carboxylic acids is 1. The molecule has 0 aliphatic heterocycles. The van der Waals surface area contributed by atoms with Gasteiger partial charge in [-0.2, -0.15) is 0 Å². The zero-order chi connectivity index (χ0) is 15.2. The van der Waals surface area contributed by atoms with Gasteiger partial charge in [-0.05, 0) is 25.0 Å². The van der Waals surface area contributed by atoms with Gasteiger partial charge in [-0.15, -0.1) is 0 Å². The molecule has 0 saturated heterocycles. The first-order valence-electron chi connectivity index (χ1n) is 7.38. The highest BCUT2D eigenvalue weighted by Gasteiger charge is 2.19. The van der Waals surface area contributed by atoms with Crippen molar-refractivity contribution in [2.75, 3.05) is 14.2 Å². The standard InChI is InChI=1S/C16H22ClNO3/c1-20-14-10-11(9-13(17)15(14)21-2)16(19)18-12-7-5-3-4-6-8-12/h9-10,12H,3-8H2,1-2H3,(H,18,19). The van der Waals surface area contributed by atoms with Gasteiger partial charge in [0.25, 0.3) is 5.91 Å². The third-order valence-electron chi connectivity index (χ3n) is 3.89. The van der Waals surface area contributed by atoms with E-state index >= 15 is 0 Å². The normalized spacial score (nSPS) is 16.1. The maximum absolute atomic E-state index is 12.4. The number of ether oxygens (including phenoxy) is 2. The van der Waals surface area contributed by atoms with Crippen LogP contribution < -0.4 is 14.8 Å². The van der Waals surface area contributed by atoms with Gasteiger partial charge in [0.2, 0.25) is 0 Å². The molecule has 2 rings (SSSR count). The van der Waals surface area contributed by atoms with E-state index in [0.717, 1.165) is 12.8 Å². The minimum atomic E-state index is -0.107. The molecule has 1 amide bonds. The van der Waals surface area contributed by atoms with Gasteiger partial charge >= 0.3 is 0 Å². The second-order valence-corrected chi connectivity index (χ2v) is 5.76. The minimum absolute atomic E-state index is 0.107. The largest absolute Gasteiger partial charge is 0.493 e. The molecule has 0 spiro atoms. The van der Waals surface area contributed by atoms with Crippen LogP contribution >= 0.6 is 11.6 Å². The van der Waals surface area contributed by atoms with E-state index in [1.54, 1.807) is 12.1 Å². The van der Waals surface area contributed by atoms with Crippen LogP contribution in [0, 0.1) is 0 Å². The van der Waals surface area contributed by atoms with Crippen molar-refractivity contribution in [1.82, 2.24) is 5.32 Å². The molecule has 21 heavy (non-hydrogen) atoms. The molecule has 5 heteroatoms. The summed E-state index contributed by atoms with van der Waals surface area (Å²) >= 11 is 6.14. The molecular weight excluding hydrogens is 290 g/mol. The van der Waals surface area contributed by atoms with E-state index in [0.29, 0.717) is 22.1 Å². The number of hydrogen-bond donors (Lipinski definition) is 1. The lowest BCUT2D eigenvalue weighted by molar-refractivity contribution is 0.0933. The lowest BCUT2D eigenvalue weighted by atomic mass is 10.1. The summed E-state index contributed by atoms with van der Waals surface area (Å²) in [6.45, 7) is 0. The predicted molar refractivity (Wildman–Crippen MR) is 83.5 cm³/mol. The highest BCUT2D eigenvalue weighted by Crippen LogP contribution is 2.36. The fourth-order valence-corrected chi connectivity index (χ4v) is 3.03. The molecule has 1 aromatic carbocycles. The number of hydrogen-bond acceptors (Lipinski definition) is 3. The summed E-state index contributed by atoms with van der Waals surface area (Å²) in [6, 6.07) is 3.54. The Balaban J connectivity index is 2.13. The molecule has 1 aromatic rings. The average Bonchev–Trinajstić information content (AvgIpc) is 2.74.